The van der Waals surface area contributed by atoms with Crippen LogP contribution in [-0.4, -0.2) is 36.6 Å². The van der Waals surface area contributed by atoms with Gasteiger partial charge in [-0.25, -0.2) is 9.78 Å². The van der Waals surface area contributed by atoms with Gasteiger partial charge in [0.1, 0.15) is 6.04 Å². The summed E-state index contributed by atoms with van der Waals surface area (Å²) in [6, 6.07) is -0.395. The van der Waals surface area contributed by atoms with Crippen LogP contribution in [0.4, 0.5) is 5.13 Å². The first-order valence-corrected chi connectivity index (χ1v) is 6.54. The summed E-state index contributed by atoms with van der Waals surface area (Å²) in [5, 5.41) is 7.83. The van der Waals surface area contributed by atoms with Crippen molar-refractivity contribution < 1.29 is 14.3 Å². The molecule has 1 amide bonds. The van der Waals surface area contributed by atoms with E-state index < -0.39 is 12.0 Å². The molecule has 0 aromatic carbocycles. The lowest BCUT2D eigenvalue weighted by Crippen LogP contribution is -2.37. The van der Waals surface area contributed by atoms with Crippen LogP contribution >= 0.6 is 11.3 Å². The van der Waals surface area contributed by atoms with E-state index in [0.29, 0.717) is 11.7 Å². The first-order chi connectivity index (χ1) is 8.58. The third-order valence-electron chi connectivity index (χ3n) is 2.18. The molecule has 7 heteroatoms. The fourth-order valence-electron chi connectivity index (χ4n) is 1.19. The van der Waals surface area contributed by atoms with Crippen LogP contribution < -0.4 is 10.6 Å². The maximum absolute atomic E-state index is 11.6. The average Bonchev–Trinajstić information content (AvgIpc) is 2.83. The number of anilines is 1. The summed E-state index contributed by atoms with van der Waals surface area (Å²) in [5.74, 6) is -0.575. The summed E-state index contributed by atoms with van der Waals surface area (Å²) < 4.78 is 4.55. The maximum Gasteiger partial charge on any atom is 0.357 e. The first kappa shape index (κ1) is 14.4. The van der Waals surface area contributed by atoms with E-state index in [1.807, 2.05) is 6.92 Å². The van der Waals surface area contributed by atoms with Crippen LogP contribution in [0.2, 0.25) is 0 Å². The zero-order chi connectivity index (χ0) is 13.5. The van der Waals surface area contributed by atoms with Gasteiger partial charge >= 0.3 is 5.97 Å². The number of carbonyl (C=O) groups is 2. The molecule has 1 atom stereocenters. The predicted octanol–water partition coefficient (Wildman–Crippen LogP) is 1.26. The molecule has 100 valence electrons. The Morgan fingerprint density at radius 2 is 2.28 bits per heavy atom. The fourth-order valence-corrected chi connectivity index (χ4v) is 1.96. The predicted molar refractivity (Wildman–Crippen MR) is 69.8 cm³/mol. The van der Waals surface area contributed by atoms with Crippen molar-refractivity contribution in [3.63, 3.8) is 0 Å². The average molecular weight is 271 g/mol. The zero-order valence-corrected chi connectivity index (χ0v) is 11.5. The van der Waals surface area contributed by atoms with Gasteiger partial charge in [-0.3, -0.25) is 4.79 Å². The second-order valence-corrected chi connectivity index (χ2v) is 4.54. The lowest BCUT2D eigenvalue weighted by atomic mass is 10.3. The van der Waals surface area contributed by atoms with Crippen LogP contribution in [0, 0.1) is 0 Å². The number of nitrogens with one attached hydrogen (secondary N) is 2. The minimum Gasteiger partial charge on any atom is -0.464 e. The SMILES string of the molecule is CCCNC(=O)C(C)Nc1nc(C(=O)OC)cs1. The van der Waals surface area contributed by atoms with Gasteiger partial charge in [0.2, 0.25) is 5.91 Å². The van der Waals surface area contributed by atoms with Crippen molar-refractivity contribution in [3.05, 3.63) is 11.1 Å². The van der Waals surface area contributed by atoms with Gasteiger partial charge in [-0.15, -0.1) is 11.3 Å². The van der Waals surface area contributed by atoms with Crippen molar-refractivity contribution >= 4 is 28.3 Å². The van der Waals surface area contributed by atoms with Crippen LogP contribution in [0.3, 0.4) is 0 Å². The standard InChI is InChI=1S/C11H17N3O3S/c1-4-5-12-9(15)7(2)13-11-14-8(6-18-11)10(16)17-3/h6-7H,4-5H2,1-3H3,(H,12,15)(H,13,14). The quantitative estimate of drug-likeness (QED) is 0.761. The third kappa shape index (κ3) is 3.99. The van der Waals surface area contributed by atoms with Crippen molar-refractivity contribution in [3.8, 4) is 0 Å². The van der Waals surface area contributed by atoms with E-state index in [1.54, 1.807) is 12.3 Å². The Morgan fingerprint density at radius 3 is 2.89 bits per heavy atom. The molecule has 0 bridgehead atoms. The molecule has 0 saturated heterocycles. The second kappa shape index (κ2) is 6.95. The van der Waals surface area contributed by atoms with Gasteiger partial charge in [-0.05, 0) is 13.3 Å². The molecule has 0 fully saturated rings. The number of carbonyl (C=O) groups excluding carboxylic acids is 2. The molecule has 1 unspecified atom stereocenters. The summed E-state index contributed by atoms with van der Waals surface area (Å²) >= 11 is 1.26. The van der Waals surface area contributed by atoms with E-state index in [4.69, 9.17) is 0 Å². The van der Waals surface area contributed by atoms with Gasteiger partial charge in [0.15, 0.2) is 10.8 Å². The van der Waals surface area contributed by atoms with E-state index in [2.05, 4.69) is 20.4 Å². The van der Waals surface area contributed by atoms with E-state index in [-0.39, 0.29) is 11.6 Å². The van der Waals surface area contributed by atoms with Gasteiger partial charge in [-0.2, -0.15) is 0 Å². The van der Waals surface area contributed by atoms with Crippen molar-refractivity contribution in [2.24, 2.45) is 0 Å². The fraction of sp³-hybridized carbons (Fsp3) is 0.545. The van der Waals surface area contributed by atoms with Gasteiger partial charge in [0, 0.05) is 11.9 Å². The molecular weight excluding hydrogens is 254 g/mol. The highest BCUT2D eigenvalue weighted by Crippen LogP contribution is 2.16. The first-order valence-electron chi connectivity index (χ1n) is 5.66. The minimum absolute atomic E-state index is 0.0910. The number of rotatable bonds is 6. The smallest absolute Gasteiger partial charge is 0.357 e. The summed E-state index contributed by atoms with van der Waals surface area (Å²) in [7, 11) is 1.30. The second-order valence-electron chi connectivity index (χ2n) is 3.69. The number of thiazole rings is 1. The Labute approximate surface area is 110 Å². The number of esters is 1. The molecule has 0 aliphatic rings. The van der Waals surface area contributed by atoms with Gasteiger partial charge in [0.05, 0.1) is 7.11 Å². The molecule has 0 spiro atoms. The summed E-state index contributed by atoms with van der Waals surface area (Å²) in [4.78, 5) is 26.9. The highest BCUT2D eigenvalue weighted by Gasteiger charge is 2.15. The van der Waals surface area contributed by atoms with Crippen molar-refractivity contribution in [2.45, 2.75) is 26.3 Å². The highest BCUT2D eigenvalue weighted by molar-refractivity contribution is 7.13. The molecule has 0 aliphatic carbocycles. The van der Waals surface area contributed by atoms with E-state index in [1.165, 1.54) is 18.4 Å². The van der Waals surface area contributed by atoms with E-state index in [0.717, 1.165) is 6.42 Å². The van der Waals surface area contributed by atoms with Crippen LogP contribution in [0.5, 0.6) is 0 Å². The Morgan fingerprint density at radius 1 is 1.56 bits per heavy atom. The molecule has 1 aromatic rings. The van der Waals surface area contributed by atoms with Crippen molar-refractivity contribution in [1.82, 2.24) is 10.3 Å². The molecule has 6 nitrogen and oxygen atoms in total. The monoisotopic (exact) mass is 271 g/mol. The third-order valence-corrected chi connectivity index (χ3v) is 2.95. The number of hydrogen-bond donors (Lipinski definition) is 2. The summed E-state index contributed by atoms with van der Waals surface area (Å²) in [6.45, 7) is 4.38. The maximum atomic E-state index is 11.6. The number of ether oxygens (including phenoxy) is 1. The molecule has 18 heavy (non-hydrogen) atoms. The largest absolute Gasteiger partial charge is 0.464 e. The Hall–Kier alpha value is -1.63. The molecule has 1 rings (SSSR count). The van der Waals surface area contributed by atoms with Gasteiger partial charge in [-0.1, -0.05) is 6.92 Å². The molecule has 0 radical (unpaired) electrons. The molecular formula is C11H17N3O3S. The van der Waals surface area contributed by atoms with Gasteiger partial charge in [0.25, 0.3) is 0 Å². The Balaban J connectivity index is 2.54. The lowest BCUT2D eigenvalue weighted by molar-refractivity contribution is -0.121. The van der Waals surface area contributed by atoms with E-state index >= 15 is 0 Å². The number of aromatic nitrogens is 1. The normalized spacial score (nSPS) is 11.7. The number of methoxy groups -OCH3 is 1. The van der Waals surface area contributed by atoms with Crippen LogP contribution in [0.25, 0.3) is 0 Å². The van der Waals surface area contributed by atoms with Crippen LogP contribution in [0.15, 0.2) is 5.38 Å². The van der Waals surface area contributed by atoms with E-state index in [9.17, 15) is 9.59 Å². The van der Waals surface area contributed by atoms with Crippen LogP contribution in [0.1, 0.15) is 30.8 Å². The summed E-state index contributed by atoms with van der Waals surface area (Å²) in [6.07, 6.45) is 0.891. The molecule has 0 saturated carbocycles. The molecule has 1 aromatic heterocycles. The van der Waals surface area contributed by atoms with Crippen LogP contribution in [-0.2, 0) is 9.53 Å². The molecule has 1 heterocycles. The highest BCUT2D eigenvalue weighted by atomic mass is 32.1. The number of nitrogens with zero attached hydrogens (tertiary/aromatic N) is 1. The molecule has 0 aliphatic heterocycles. The minimum atomic E-state index is -0.484. The summed E-state index contributed by atoms with van der Waals surface area (Å²) in [5.41, 5.74) is 0.242. The Bertz CT molecular complexity index is 419. The Kier molecular flexibility index (Phi) is 5.57. The topological polar surface area (TPSA) is 80.3 Å². The number of hydrogen-bond acceptors (Lipinski definition) is 6. The van der Waals surface area contributed by atoms with Gasteiger partial charge < -0.3 is 15.4 Å². The van der Waals surface area contributed by atoms with Crippen molar-refractivity contribution in [2.75, 3.05) is 19.0 Å². The number of amides is 1. The molecule has 2 N–H and O–H groups in total. The lowest BCUT2D eigenvalue weighted by Gasteiger charge is -2.12. The van der Waals surface area contributed by atoms with Crippen molar-refractivity contribution in [1.29, 1.82) is 0 Å². The zero-order valence-electron chi connectivity index (χ0n) is 10.6.